The lowest BCUT2D eigenvalue weighted by molar-refractivity contribution is -0.244. The Balaban J connectivity index is 2.09. The fourth-order valence-corrected chi connectivity index (χ4v) is 4.40. The van der Waals surface area contributed by atoms with Crippen LogP contribution in [-0.4, -0.2) is 27.6 Å². The molecule has 0 bridgehead atoms. The first-order valence-corrected chi connectivity index (χ1v) is 7.10. The molecule has 4 nitrogen and oxygen atoms in total. The first-order chi connectivity index (χ1) is 8.72. The smallest absolute Gasteiger partial charge is 0.336 e. The number of fused-ring (bicyclic) bond motifs is 2. The molecule has 19 heavy (non-hydrogen) atoms. The van der Waals surface area contributed by atoms with E-state index in [4.69, 9.17) is 4.74 Å². The van der Waals surface area contributed by atoms with Crippen molar-refractivity contribution in [3.8, 4) is 0 Å². The zero-order valence-corrected chi connectivity index (χ0v) is 11.8. The summed E-state index contributed by atoms with van der Waals surface area (Å²) in [7, 11) is 0. The summed E-state index contributed by atoms with van der Waals surface area (Å²) in [5, 5.41) is 21.8. The number of hydrogen-bond donors (Lipinski definition) is 2. The Kier molecular flexibility index (Phi) is 2.50. The number of carbonyl (C=O) groups is 1. The van der Waals surface area contributed by atoms with Crippen LogP contribution < -0.4 is 0 Å². The summed E-state index contributed by atoms with van der Waals surface area (Å²) in [6.07, 6.45) is 3.55. The van der Waals surface area contributed by atoms with Gasteiger partial charge in [0, 0.05) is 29.4 Å². The highest BCUT2D eigenvalue weighted by atomic mass is 16.7. The van der Waals surface area contributed by atoms with Crippen LogP contribution >= 0.6 is 0 Å². The SMILES string of the molecule is CC1=C2C[C@]3(O)[C@@H](C)CCC[C@@]3(C)C[C@@]2(O)OC1=O. The van der Waals surface area contributed by atoms with Crippen LogP contribution in [0, 0.1) is 11.3 Å². The monoisotopic (exact) mass is 266 g/mol. The van der Waals surface area contributed by atoms with Crippen LogP contribution in [0.3, 0.4) is 0 Å². The van der Waals surface area contributed by atoms with Gasteiger partial charge in [-0.05, 0) is 25.7 Å². The summed E-state index contributed by atoms with van der Waals surface area (Å²) < 4.78 is 5.19. The second-order valence-corrected chi connectivity index (χ2v) is 6.91. The molecule has 2 N–H and O–H groups in total. The molecule has 3 rings (SSSR count). The minimum atomic E-state index is -1.49. The minimum Gasteiger partial charge on any atom is -0.426 e. The Morgan fingerprint density at radius 1 is 1.37 bits per heavy atom. The predicted molar refractivity (Wildman–Crippen MR) is 69.0 cm³/mol. The molecular weight excluding hydrogens is 244 g/mol. The zero-order valence-electron chi connectivity index (χ0n) is 11.8. The average molecular weight is 266 g/mol. The molecule has 0 aromatic rings. The van der Waals surface area contributed by atoms with E-state index in [1.807, 2.05) is 6.92 Å². The maximum Gasteiger partial charge on any atom is 0.336 e. The van der Waals surface area contributed by atoms with Crippen LogP contribution in [0.15, 0.2) is 11.1 Å². The molecule has 0 amide bonds. The van der Waals surface area contributed by atoms with E-state index in [0.29, 0.717) is 24.0 Å². The third-order valence-electron chi connectivity index (χ3n) is 5.79. The molecule has 2 fully saturated rings. The molecule has 0 aromatic heterocycles. The quantitative estimate of drug-likeness (QED) is 0.657. The molecule has 1 aliphatic heterocycles. The van der Waals surface area contributed by atoms with Crippen LogP contribution in [0.2, 0.25) is 0 Å². The van der Waals surface area contributed by atoms with Gasteiger partial charge >= 0.3 is 5.97 Å². The van der Waals surface area contributed by atoms with Crippen LogP contribution in [-0.2, 0) is 9.53 Å². The predicted octanol–water partition coefficient (Wildman–Crippen LogP) is 1.90. The van der Waals surface area contributed by atoms with Crippen molar-refractivity contribution in [2.24, 2.45) is 11.3 Å². The number of esters is 1. The van der Waals surface area contributed by atoms with Crippen molar-refractivity contribution < 1.29 is 19.7 Å². The third-order valence-corrected chi connectivity index (χ3v) is 5.79. The summed E-state index contributed by atoms with van der Waals surface area (Å²) in [5.41, 5.74) is -0.183. The van der Waals surface area contributed by atoms with E-state index in [9.17, 15) is 15.0 Å². The standard InChI is InChI=1S/C15H22O4/c1-9-5-4-6-13(3)8-15(18)11(7-14(9,13)17)10(2)12(16)19-15/h9,17-18H,4-8H2,1-3H3/t9-,13-,14-,15+/m0/s1. The van der Waals surface area contributed by atoms with Crippen LogP contribution in [0.25, 0.3) is 0 Å². The van der Waals surface area contributed by atoms with Gasteiger partial charge in [-0.15, -0.1) is 0 Å². The number of carbonyl (C=O) groups excluding carboxylic acids is 1. The number of aliphatic hydroxyl groups is 2. The van der Waals surface area contributed by atoms with Crippen molar-refractivity contribution in [3.05, 3.63) is 11.1 Å². The van der Waals surface area contributed by atoms with Gasteiger partial charge in [0.2, 0.25) is 5.79 Å². The van der Waals surface area contributed by atoms with E-state index in [2.05, 4.69) is 6.92 Å². The Bertz CT molecular complexity index is 483. The molecule has 0 unspecified atom stereocenters. The van der Waals surface area contributed by atoms with Gasteiger partial charge in [-0.3, -0.25) is 0 Å². The lowest BCUT2D eigenvalue weighted by Gasteiger charge is -2.58. The molecule has 0 aromatic carbocycles. The normalized spacial score (nSPS) is 49.7. The van der Waals surface area contributed by atoms with Crippen molar-refractivity contribution in [3.63, 3.8) is 0 Å². The van der Waals surface area contributed by atoms with Crippen LogP contribution in [0.5, 0.6) is 0 Å². The Morgan fingerprint density at radius 2 is 2.05 bits per heavy atom. The summed E-state index contributed by atoms with van der Waals surface area (Å²) >= 11 is 0. The number of ether oxygens (including phenoxy) is 1. The van der Waals surface area contributed by atoms with Gasteiger partial charge in [0.05, 0.1) is 5.60 Å². The maximum absolute atomic E-state index is 11.7. The fourth-order valence-electron chi connectivity index (χ4n) is 4.40. The Hall–Kier alpha value is -0.870. The van der Waals surface area contributed by atoms with E-state index in [0.717, 1.165) is 19.3 Å². The molecule has 0 spiro atoms. The zero-order chi connectivity index (χ0) is 14.1. The number of hydrogen-bond acceptors (Lipinski definition) is 4. The van der Waals surface area contributed by atoms with Crippen molar-refractivity contribution in [1.82, 2.24) is 0 Å². The van der Waals surface area contributed by atoms with Crippen LogP contribution in [0.1, 0.15) is 52.9 Å². The van der Waals surface area contributed by atoms with Gasteiger partial charge in [-0.1, -0.05) is 20.3 Å². The molecule has 4 heteroatoms. The van der Waals surface area contributed by atoms with E-state index in [1.54, 1.807) is 6.92 Å². The summed E-state index contributed by atoms with van der Waals surface area (Å²) in [6, 6.07) is 0. The van der Waals surface area contributed by atoms with Crippen molar-refractivity contribution in [2.75, 3.05) is 0 Å². The maximum atomic E-state index is 11.7. The van der Waals surface area contributed by atoms with Gasteiger partial charge in [0.15, 0.2) is 0 Å². The van der Waals surface area contributed by atoms with Gasteiger partial charge < -0.3 is 14.9 Å². The van der Waals surface area contributed by atoms with E-state index in [-0.39, 0.29) is 5.92 Å². The molecule has 0 saturated heterocycles. The highest BCUT2D eigenvalue weighted by molar-refractivity contribution is 5.92. The molecule has 106 valence electrons. The summed E-state index contributed by atoms with van der Waals surface area (Å²) in [6.45, 7) is 5.75. The largest absolute Gasteiger partial charge is 0.426 e. The minimum absolute atomic E-state index is 0.173. The van der Waals surface area contributed by atoms with Gasteiger partial charge in [-0.2, -0.15) is 0 Å². The summed E-state index contributed by atoms with van der Waals surface area (Å²) in [5.74, 6) is -1.76. The highest BCUT2D eigenvalue weighted by Gasteiger charge is 2.64. The molecule has 0 radical (unpaired) electrons. The molecule has 1 heterocycles. The molecule has 2 saturated carbocycles. The lowest BCUT2D eigenvalue weighted by Crippen LogP contribution is -2.61. The van der Waals surface area contributed by atoms with Crippen molar-refractivity contribution in [1.29, 1.82) is 0 Å². The van der Waals surface area contributed by atoms with E-state index < -0.39 is 22.8 Å². The van der Waals surface area contributed by atoms with E-state index in [1.165, 1.54) is 0 Å². The first-order valence-electron chi connectivity index (χ1n) is 7.10. The second kappa shape index (κ2) is 3.61. The summed E-state index contributed by atoms with van der Waals surface area (Å²) in [4.78, 5) is 11.7. The van der Waals surface area contributed by atoms with Crippen molar-refractivity contribution >= 4 is 5.97 Å². The molecule has 4 atom stereocenters. The fraction of sp³-hybridized carbons (Fsp3) is 0.800. The van der Waals surface area contributed by atoms with Crippen LogP contribution in [0.4, 0.5) is 0 Å². The van der Waals surface area contributed by atoms with Crippen molar-refractivity contribution in [2.45, 2.75) is 64.3 Å². The van der Waals surface area contributed by atoms with Gasteiger partial charge in [0.25, 0.3) is 0 Å². The molecular formula is C15H22O4. The molecule has 2 aliphatic carbocycles. The van der Waals surface area contributed by atoms with Gasteiger partial charge in [0.1, 0.15) is 0 Å². The topological polar surface area (TPSA) is 66.8 Å². The molecule has 3 aliphatic rings. The number of rotatable bonds is 0. The third kappa shape index (κ3) is 1.50. The van der Waals surface area contributed by atoms with E-state index >= 15 is 0 Å². The average Bonchev–Trinajstić information content (AvgIpc) is 2.50. The Morgan fingerprint density at radius 3 is 2.74 bits per heavy atom. The lowest BCUT2D eigenvalue weighted by atomic mass is 9.52. The van der Waals surface area contributed by atoms with Gasteiger partial charge in [-0.25, -0.2) is 4.79 Å². The Labute approximate surface area is 113 Å². The highest BCUT2D eigenvalue weighted by Crippen LogP contribution is 2.60. The second-order valence-electron chi connectivity index (χ2n) is 6.91. The first kappa shape index (κ1) is 13.1.